The first-order valence-corrected chi connectivity index (χ1v) is 12.8. The molecule has 0 aliphatic carbocycles. The van der Waals surface area contributed by atoms with Crippen molar-refractivity contribution < 1.29 is 29.0 Å². The van der Waals surface area contributed by atoms with Crippen molar-refractivity contribution >= 4 is 17.8 Å². The summed E-state index contributed by atoms with van der Waals surface area (Å²) in [6.45, 7) is 2.94. The Morgan fingerprint density at radius 3 is 2.61 bits per heavy atom. The van der Waals surface area contributed by atoms with Crippen LogP contribution in [0.4, 0.5) is 0 Å². The van der Waals surface area contributed by atoms with Crippen molar-refractivity contribution in [2.24, 2.45) is 11.8 Å². The molecule has 2 heterocycles. The number of carbonyl (C=O) groups excluding carboxylic acids is 2. The van der Waals surface area contributed by atoms with E-state index in [9.17, 15) is 19.5 Å². The van der Waals surface area contributed by atoms with E-state index in [1.807, 2.05) is 24.3 Å². The van der Waals surface area contributed by atoms with E-state index in [0.29, 0.717) is 49.8 Å². The van der Waals surface area contributed by atoms with Gasteiger partial charge < -0.3 is 30.1 Å². The molecule has 3 N–H and O–H groups in total. The number of likely N-dealkylation sites (tertiary alicyclic amines) is 1. The maximum Gasteiger partial charge on any atom is 0.305 e. The molecule has 198 valence electrons. The third-order valence-corrected chi connectivity index (χ3v) is 7.00. The first-order chi connectivity index (χ1) is 17.4. The molecule has 2 amide bonds. The zero-order valence-corrected chi connectivity index (χ0v) is 21.3. The van der Waals surface area contributed by atoms with Crippen molar-refractivity contribution in [1.29, 1.82) is 0 Å². The number of nitrogens with one attached hydrogen (secondary N) is 2. The molecule has 1 aromatic rings. The number of methoxy groups -OCH3 is 2. The summed E-state index contributed by atoms with van der Waals surface area (Å²) in [4.78, 5) is 39.0. The standard InChI is InChI=1S/C27H39N3O6/c1-35-23-9-6-20(16-24(23)36-2)5-8-22(17-26(32)33)29-27(34)21-4-3-15-30(18-21)25(31)10-7-19-11-13-28-14-12-19/h6-7,9-10,16,19,21-22,28H,3-5,8,11-15,17-18H2,1-2H3,(H,29,34)(H,32,33)/b10-7+/t21-,22?/m1/s1. The molecule has 9 heteroatoms. The normalized spacial score (nSPS) is 19.6. The van der Waals surface area contributed by atoms with Crippen LogP contribution in [0.2, 0.25) is 0 Å². The van der Waals surface area contributed by atoms with Crippen molar-refractivity contribution in [3.05, 3.63) is 35.9 Å². The first-order valence-electron chi connectivity index (χ1n) is 12.8. The van der Waals surface area contributed by atoms with E-state index >= 15 is 0 Å². The van der Waals surface area contributed by atoms with E-state index in [2.05, 4.69) is 10.6 Å². The lowest BCUT2D eigenvalue weighted by Gasteiger charge is -2.32. The van der Waals surface area contributed by atoms with Gasteiger partial charge in [0.2, 0.25) is 11.8 Å². The fraction of sp³-hybridized carbons (Fsp3) is 0.593. The van der Waals surface area contributed by atoms with Gasteiger partial charge in [-0.25, -0.2) is 0 Å². The highest BCUT2D eigenvalue weighted by Gasteiger charge is 2.29. The Labute approximate surface area is 213 Å². The summed E-state index contributed by atoms with van der Waals surface area (Å²) >= 11 is 0. The van der Waals surface area contributed by atoms with E-state index in [1.165, 1.54) is 0 Å². The van der Waals surface area contributed by atoms with Crippen molar-refractivity contribution in [3.63, 3.8) is 0 Å². The summed E-state index contributed by atoms with van der Waals surface area (Å²) < 4.78 is 10.6. The zero-order chi connectivity index (χ0) is 25.9. The van der Waals surface area contributed by atoms with Crippen LogP contribution in [0.3, 0.4) is 0 Å². The third-order valence-electron chi connectivity index (χ3n) is 7.00. The number of rotatable bonds is 11. The number of nitrogens with zero attached hydrogens (tertiary/aromatic N) is 1. The quantitative estimate of drug-likeness (QED) is 0.399. The second-order valence-electron chi connectivity index (χ2n) is 9.60. The van der Waals surface area contributed by atoms with Crippen LogP contribution in [0.1, 0.15) is 44.1 Å². The molecule has 0 bridgehead atoms. The molecule has 0 spiro atoms. The number of carboxylic acid groups (broad SMARTS) is 1. The monoisotopic (exact) mass is 501 g/mol. The van der Waals surface area contributed by atoms with Crippen molar-refractivity contribution in [2.75, 3.05) is 40.4 Å². The summed E-state index contributed by atoms with van der Waals surface area (Å²) in [5.41, 5.74) is 0.965. The highest BCUT2D eigenvalue weighted by molar-refractivity contribution is 5.88. The highest BCUT2D eigenvalue weighted by atomic mass is 16.5. The average Bonchev–Trinajstić information content (AvgIpc) is 2.90. The van der Waals surface area contributed by atoms with Gasteiger partial charge in [0.05, 0.1) is 26.6 Å². The van der Waals surface area contributed by atoms with Crippen LogP contribution in [-0.4, -0.2) is 74.2 Å². The molecule has 1 aromatic carbocycles. The Hall–Kier alpha value is -3.07. The van der Waals surface area contributed by atoms with Crippen LogP contribution in [-0.2, 0) is 20.8 Å². The van der Waals surface area contributed by atoms with Gasteiger partial charge in [-0.3, -0.25) is 14.4 Å². The Morgan fingerprint density at radius 1 is 1.17 bits per heavy atom. The van der Waals surface area contributed by atoms with Gasteiger partial charge in [0.25, 0.3) is 0 Å². The molecule has 1 unspecified atom stereocenters. The summed E-state index contributed by atoms with van der Waals surface area (Å²) in [6, 6.07) is 5.07. The summed E-state index contributed by atoms with van der Waals surface area (Å²) in [5, 5.41) is 15.6. The second-order valence-corrected chi connectivity index (χ2v) is 9.60. The predicted molar refractivity (Wildman–Crippen MR) is 136 cm³/mol. The molecule has 0 aromatic heterocycles. The fourth-order valence-corrected chi connectivity index (χ4v) is 4.88. The van der Waals surface area contributed by atoms with E-state index in [0.717, 1.165) is 37.9 Å². The number of hydrogen-bond acceptors (Lipinski definition) is 6. The van der Waals surface area contributed by atoms with Gasteiger partial charge >= 0.3 is 5.97 Å². The van der Waals surface area contributed by atoms with Crippen molar-refractivity contribution in [2.45, 2.75) is 51.0 Å². The molecule has 3 rings (SSSR count). The van der Waals surface area contributed by atoms with Gasteiger partial charge in [0.15, 0.2) is 11.5 Å². The fourth-order valence-electron chi connectivity index (χ4n) is 4.88. The molecule has 2 fully saturated rings. The maximum absolute atomic E-state index is 13.1. The van der Waals surface area contributed by atoms with E-state index < -0.39 is 12.0 Å². The van der Waals surface area contributed by atoms with Gasteiger partial charge in [-0.15, -0.1) is 0 Å². The number of amides is 2. The molecule has 2 aliphatic heterocycles. The molecular formula is C27H39N3O6. The molecule has 0 radical (unpaired) electrons. The van der Waals surface area contributed by atoms with E-state index in [4.69, 9.17) is 9.47 Å². The molecule has 2 saturated heterocycles. The van der Waals surface area contributed by atoms with Crippen molar-refractivity contribution in [3.8, 4) is 11.5 Å². The third kappa shape index (κ3) is 8.26. The topological polar surface area (TPSA) is 117 Å². The number of benzene rings is 1. The van der Waals surface area contributed by atoms with Gasteiger partial charge in [0.1, 0.15) is 0 Å². The maximum atomic E-state index is 13.1. The minimum absolute atomic E-state index is 0.0541. The lowest BCUT2D eigenvalue weighted by molar-refractivity contribution is -0.138. The number of carbonyl (C=O) groups is 3. The first kappa shape index (κ1) is 27.5. The van der Waals surface area contributed by atoms with Crippen LogP contribution >= 0.6 is 0 Å². The lowest BCUT2D eigenvalue weighted by Crippen LogP contribution is -2.47. The van der Waals surface area contributed by atoms with Crippen LogP contribution in [0, 0.1) is 11.8 Å². The second kappa shape index (κ2) is 13.9. The van der Waals surface area contributed by atoms with E-state index in [1.54, 1.807) is 25.2 Å². The molecule has 9 nitrogen and oxygen atoms in total. The minimum atomic E-state index is -0.962. The van der Waals surface area contributed by atoms with Crippen LogP contribution < -0.4 is 20.1 Å². The van der Waals surface area contributed by atoms with Gasteiger partial charge in [0, 0.05) is 19.1 Å². The van der Waals surface area contributed by atoms with Crippen LogP contribution in [0.5, 0.6) is 11.5 Å². The highest BCUT2D eigenvalue weighted by Crippen LogP contribution is 2.28. The Morgan fingerprint density at radius 2 is 1.92 bits per heavy atom. The smallest absolute Gasteiger partial charge is 0.305 e. The summed E-state index contributed by atoms with van der Waals surface area (Å²) in [6.07, 6.45) is 8.05. The largest absolute Gasteiger partial charge is 0.493 e. The van der Waals surface area contributed by atoms with E-state index in [-0.39, 0.29) is 24.2 Å². The predicted octanol–water partition coefficient (Wildman–Crippen LogP) is 2.39. The Kier molecular flexibility index (Phi) is 10.6. The number of aryl methyl sites for hydroxylation is 1. The molecule has 36 heavy (non-hydrogen) atoms. The number of carboxylic acids is 1. The SMILES string of the molecule is COc1ccc(CCC(CC(=O)O)NC(=O)[C@@H]2CCCN(C(=O)/C=C/C3CCNCC3)C2)cc1OC. The molecule has 2 aliphatic rings. The Balaban J connectivity index is 1.55. The van der Waals surface area contributed by atoms with Crippen molar-refractivity contribution in [1.82, 2.24) is 15.5 Å². The number of allylic oxidation sites excluding steroid dienone is 1. The Bertz CT molecular complexity index is 928. The van der Waals surface area contributed by atoms with Gasteiger partial charge in [-0.1, -0.05) is 12.1 Å². The number of piperidine rings is 2. The van der Waals surface area contributed by atoms with Crippen LogP contribution in [0.15, 0.2) is 30.4 Å². The lowest BCUT2D eigenvalue weighted by atomic mass is 9.95. The van der Waals surface area contributed by atoms with Gasteiger partial charge in [-0.2, -0.15) is 0 Å². The summed E-state index contributed by atoms with van der Waals surface area (Å²) in [7, 11) is 3.14. The molecule has 2 atom stereocenters. The number of hydrogen-bond donors (Lipinski definition) is 3. The zero-order valence-electron chi connectivity index (χ0n) is 21.3. The minimum Gasteiger partial charge on any atom is -0.493 e. The molecular weight excluding hydrogens is 462 g/mol. The van der Waals surface area contributed by atoms with Crippen LogP contribution in [0.25, 0.3) is 0 Å². The average molecular weight is 502 g/mol. The number of aliphatic carboxylic acids is 1. The number of ether oxygens (including phenoxy) is 2. The van der Waals surface area contributed by atoms with Gasteiger partial charge in [-0.05, 0) is 81.3 Å². The summed E-state index contributed by atoms with van der Waals surface area (Å²) in [5.74, 6) is 0.105. The molecule has 0 saturated carbocycles.